The first-order valence-electron chi connectivity index (χ1n) is 11.5. The minimum atomic E-state index is -0.565. The van der Waals surface area contributed by atoms with Gasteiger partial charge in [0, 0.05) is 18.3 Å². The highest BCUT2D eigenvalue weighted by molar-refractivity contribution is 6.03. The number of nitro benzene ring substituents is 1. The number of ether oxygens (including phenoxy) is 3. The van der Waals surface area contributed by atoms with Crippen molar-refractivity contribution in [2.45, 2.75) is 26.5 Å². The summed E-state index contributed by atoms with van der Waals surface area (Å²) in [5, 5.41) is 18.3. The summed E-state index contributed by atoms with van der Waals surface area (Å²) in [7, 11) is 1.49. The standard InChI is InChI=1S/C27H26N4O6/c1-18(2)19-8-10-22(11-9-19)36-17-30-13-12-24(29-30)27(32)28-20-14-21(31(33)34)16-23(15-20)37-26-7-5-4-6-25(26)35-3/h4-16,18H,17H2,1-3H3,(H,28,32). The summed E-state index contributed by atoms with van der Waals surface area (Å²) in [4.78, 5) is 23.7. The van der Waals surface area contributed by atoms with Crippen LogP contribution in [0.25, 0.3) is 0 Å². The molecule has 4 aromatic rings. The molecule has 10 heteroatoms. The number of rotatable bonds is 10. The van der Waals surface area contributed by atoms with Crippen LogP contribution in [0.4, 0.5) is 11.4 Å². The van der Waals surface area contributed by atoms with Gasteiger partial charge in [0.05, 0.1) is 23.8 Å². The summed E-state index contributed by atoms with van der Waals surface area (Å²) in [5.41, 5.74) is 1.27. The van der Waals surface area contributed by atoms with Crippen LogP contribution in [0.3, 0.4) is 0 Å². The first-order valence-corrected chi connectivity index (χ1v) is 11.5. The Bertz CT molecular complexity index is 1400. The molecule has 1 amide bonds. The average Bonchev–Trinajstić information content (AvgIpc) is 3.37. The van der Waals surface area contributed by atoms with Crippen molar-refractivity contribution in [1.82, 2.24) is 9.78 Å². The number of carbonyl (C=O) groups is 1. The summed E-state index contributed by atoms with van der Waals surface area (Å²) in [6.45, 7) is 4.35. The Kier molecular flexibility index (Phi) is 7.68. The van der Waals surface area contributed by atoms with Gasteiger partial charge in [-0.1, -0.05) is 38.1 Å². The summed E-state index contributed by atoms with van der Waals surface area (Å²) in [5.74, 6) is 1.57. The number of para-hydroxylation sites is 2. The van der Waals surface area contributed by atoms with Crippen LogP contribution < -0.4 is 19.5 Å². The number of anilines is 1. The van der Waals surface area contributed by atoms with Crippen LogP contribution >= 0.6 is 0 Å². The molecule has 0 aliphatic heterocycles. The highest BCUT2D eigenvalue weighted by Crippen LogP contribution is 2.34. The predicted molar refractivity (Wildman–Crippen MR) is 138 cm³/mol. The van der Waals surface area contributed by atoms with Gasteiger partial charge in [-0.2, -0.15) is 5.10 Å². The normalized spacial score (nSPS) is 10.7. The summed E-state index contributed by atoms with van der Waals surface area (Å²) in [6.07, 6.45) is 1.61. The topological polar surface area (TPSA) is 118 Å². The average molecular weight is 503 g/mol. The number of aromatic nitrogens is 2. The fraction of sp³-hybridized carbons (Fsp3) is 0.185. The van der Waals surface area contributed by atoms with E-state index in [1.807, 2.05) is 24.3 Å². The number of amides is 1. The van der Waals surface area contributed by atoms with Crippen LogP contribution in [0.2, 0.25) is 0 Å². The molecule has 0 fully saturated rings. The van der Waals surface area contributed by atoms with Crippen LogP contribution in [0.15, 0.2) is 79.0 Å². The zero-order valence-electron chi connectivity index (χ0n) is 20.6. The third-order valence-corrected chi connectivity index (χ3v) is 5.44. The predicted octanol–water partition coefficient (Wildman–Crippen LogP) is 6.00. The first-order chi connectivity index (χ1) is 17.8. The van der Waals surface area contributed by atoms with E-state index >= 15 is 0 Å². The number of methoxy groups -OCH3 is 1. The van der Waals surface area contributed by atoms with Gasteiger partial charge in [0.2, 0.25) is 0 Å². The molecule has 3 aromatic carbocycles. The van der Waals surface area contributed by atoms with Gasteiger partial charge in [-0.25, -0.2) is 4.68 Å². The molecule has 0 bridgehead atoms. The lowest BCUT2D eigenvalue weighted by atomic mass is 10.0. The molecule has 0 unspecified atom stereocenters. The van der Waals surface area contributed by atoms with Crippen molar-refractivity contribution >= 4 is 17.3 Å². The number of hydrogen-bond acceptors (Lipinski definition) is 7. The molecule has 37 heavy (non-hydrogen) atoms. The van der Waals surface area contributed by atoms with Gasteiger partial charge in [-0.05, 0) is 41.8 Å². The van der Waals surface area contributed by atoms with Crippen molar-refractivity contribution < 1.29 is 23.9 Å². The Morgan fingerprint density at radius 3 is 2.43 bits per heavy atom. The fourth-order valence-electron chi connectivity index (χ4n) is 3.49. The SMILES string of the molecule is COc1ccccc1Oc1cc(NC(=O)c2ccn(COc3ccc(C(C)C)cc3)n2)cc([N+](=O)[O-])c1. The molecular formula is C27H26N4O6. The van der Waals surface area contributed by atoms with Crippen LogP contribution in [0.5, 0.6) is 23.0 Å². The van der Waals surface area contributed by atoms with E-state index in [4.69, 9.17) is 14.2 Å². The van der Waals surface area contributed by atoms with Gasteiger partial charge in [0.15, 0.2) is 23.9 Å². The van der Waals surface area contributed by atoms with Crippen molar-refractivity contribution in [2.24, 2.45) is 0 Å². The van der Waals surface area contributed by atoms with E-state index in [0.29, 0.717) is 23.2 Å². The van der Waals surface area contributed by atoms with Crippen LogP contribution in [0.1, 0.15) is 35.8 Å². The molecule has 0 atom stereocenters. The van der Waals surface area contributed by atoms with Crippen LogP contribution in [-0.4, -0.2) is 27.7 Å². The monoisotopic (exact) mass is 502 g/mol. The zero-order valence-corrected chi connectivity index (χ0v) is 20.6. The quantitative estimate of drug-likeness (QED) is 0.209. The van der Waals surface area contributed by atoms with Crippen LogP contribution in [0, 0.1) is 10.1 Å². The van der Waals surface area contributed by atoms with Gasteiger partial charge in [-0.3, -0.25) is 14.9 Å². The molecular weight excluding hydrogens is 476 g/mol. The summed E-state index contributed by atoms with van der Waals surface area (Å²) in [6, 6.07) is 20.2. The second-order valence-corrected chi connectivity index (χ2v) is 8.42. The second kappa shape index (κ2) is 11.3. The van der Waals surface area contributed by atoms with Gasteiger partial charge in [-0.15, -0.1) is 0 Å². The van der Waals surface area contributed by atoms with Gasteiger partial charge in [0.25, 0.3) is 11.6 Å². The highest BCUT2D eigenvalue weighted by Gasteiger charge is 2.16. The lowest BCUT2D eigenvalue weighted by Gasteiger charge is -2.11. The van der Waals surface area contributed by atoms with Crippen molar-refractivity contribution in [1.29, 1.82) is 0 Å². The van der Waals surface area contributed by atoms with E-state index in [2.05, 4.69) is 24.3 Å². The van der Waals surface area contributed by atoms with E-state index < -0.39 is 10.8 Å². The smallest absolute Gasteiger partial charge is 0.276 e. The van der Waals surface area contributed by atoms with Gasteiger partial charge >= 0.3 is 0 Å². The molecule has 10 nitrogen and oxygen atoms in total. The van der Waals surface area contributed by atoms with E-state index in [1.54, 1.807) is 30.5 Å². The third kappa shape index (κ3) is 6.43. The minimum absolute atomic E-state index is 0.113. The minimum Gasteiger partial charge on any atom is -0.493 e. The largest absolute Gasteiger partial charge is 0.493 e. The maximum atomic E-state index is 12.8. The molecule has 1 N–H and O–H groups in total. The molecule has 0 saturated heterocycles. The number of carbonyl (C=O) groups excluding carboxylic acids is 1. The molecule has 0 saturated carbocycles. The number of nitro groups is 1. The Labute approximate surface area is 213 Å². The lowest BCUT2D eigenvalue weighted by molar-refractivity contribution is -0.384. The number of hydrogen-bond donors (Lipinski definition) is 1. The fourth-order valence-corrected chi connectivity index (χ4v) is 3.49. The molecule has 0 aliphatic carbocycles. The van der Waals surface area contributed by atoms with Gasteiger partial charge < -0.3 is 19.5 Å². The number of non-ortho nitro benzene ring substituents is 1. The lowest BCUT2D eigenvalue weighted by Crippen LogP contribution is -2.14. The van der Waals surface area contributed by atoms with Crippen molar-refractivity contribution in [3.05, 3.63) is 100 Å². The highest BCUT2D eigenvalue weighted by atomic mass is 16.6. The van der Waals surface area contributed by atoms with Crippen molar-refractivity contribution in [2.75, 3.05) is 12.4 Å². The van der Waals surface area contributed by atoms with E-state index in [1.165, 1.54) is 41.6 Å². The molecule has 0 aliphatic rings. The second-order valence-electron chi connectivity index (χ2n) is 8.42. The van der Waals surface area contributed by atoms with E-state index in [9.17, 15) is 14.9 Å². The van der Waals surface area contributed by atoms with Crippen molar-refractivity contribution in [3.8, 4) is 23.0 Å². The molecule has 4 rings (SSSR count). The number of benzene rings is 3. The maximum absolute atomic E-state index is 12.8. The van der Waals surface area contributed by atoms with E-state index in [0.717, 1.165) is 0 Å². The Balaban J connectivity index is 1.45. The van der Waals surface area contributed by atoms with Crippen LogP contribution in [-0.2, 0) is 6.73 Å². The molecule has 1 aromatic heterocycles. The Hall–Kier alpha value is -4.86. The van der Waals surface area contributed by atoms with Gasteiger partial charge in [0.1, 0.15) is 11.5 Å². The first kappa shape index (κ1) is 25.2. The molecule has 0 spiro atoms. The number of nitrogens with zero attached hydrogens (tertiary/aromatic N) is 3. The Morgan fingerprint density at radius 1 is 1.03 bits per heavy atom. The molecule has 0 radical (unpaired) electrons. The summed E-state index contributed by atoms with van der Waals surface area (Å²) >= 11 is 0. The number of nitrogens with one attached hydrogen (secondary N) is 1. The maximum Gasteiger partial charge on any atom is 0.276 e. The van der Waals surface area contributed by atoms with E-state index in [-0.39, 0.29) is 29.5 Å². The molecule has 190 valence electrons. The molecule has 1 heterocycles. The van der Waals surface area contributed by atoms with Crippen molar-refractivity contribution in [3.63, 3.8) is 0 Å². The summed E-state index contributed by atoms with van der Waals surface area (Å²) < 4.78 is 18.3. The Morgan fingerprint density at radius 2 is 1.76 bits per heavy atom. The zero-order chi connectivity index (χ0) is 26.4. The third-order valence-electron chi connectivity index (χ3n) is 5.44.